The molecule has 3 atom stereocenters. The lowest BCUT2D eigenvalue weighted by Gasteiger charge is -2.33. The van der Waals surface area contributed by atoms with Crippen molar-refractivity contribution in [1.82, 2.24) is 10.2 Å². The minimum atomic E-state index is -0.438. The first-order chi connectivity index (χ1) is 11.1. The summed E-state index contributed by atoms with van der Waals surface area (Å²) in [4.78, 5) is 6.69. The molecule has 2 aliphatic rings. The summed E-state index contributed by atoms with van der Waals surface area (Å²) in [6.07, 6.45) is 5.59. The molecular weight excluding hydrogens is 413 g/mol. The average molecular weight is 443 g/mol. The van der Waals surface area contributed by atoms with Gasteiger partial charge < -0.3 is 15.3 Å². The van der Waals surface area contributed by atoms with Gasteiger partial charge in [0, 0.05) is 20.6 Å². The molecule has 2 fully saturated rings. The highest BCUT2D eigenvalue weighted by atomic mass is 127. The number of fused-ring (bicyclic) bond motifs is 2. The summed E-state index contributed by atoms with van der Waals surface area (Å²) in [5.41, 5.74) is 0.771. The summed E-state index contributed by atoms with van der Waals surface area (Å²) in [5.74, 6) is 2.18. The zero-order valence-electron chi connectivity index (χ0n) is 14.7. The molecule has 5 heteroatoms. The molecule has 134 valence electrons. The molecule has 3 unspecified atom stereocenters. The van der Waals surface area contributed by atoms with Crippen LogP contribution in [0.15, 0.2) is 35.3 Å². The van der Waals surface area contributed by atoms with Gasteiger partial charge in [0.1, 0.15) is 0 Å². The van der Waals surface area contributed by atoms with Gasteiger partial charge in [-0.3, -0.25) is 0 Å². The standard InChI is InChI=1S/C19H29N3O.HI/c1-22(2)18(21-14-15-6-4-3-5-7-15)20-11-10-19(23)13-16-8-9-17(19)12-16;/h3-7,16-17,23H,8-14H2,1-2H3,(H,20,21);1H. The molecule has 2 N–H and O–H groups in total. The molecule has 0 radical (unpaired) electrons. The van der Waals surface area contributed by atoms with Gasteiger partial charge in [0.05, 0.1) is 12.1 Å². The molecule has 0 spiro atoms. The number of nitrogens with zero attached hydrogens (tertiary/aromatic N) is 2. The minimum Gasteiger partial charge on any atom is -0.390 e. The van der Waals surface area contributed by atoms with Crippen LogP contribution >= 0.6 is 24.0 Å². The third-order valence-electron chi connectivity index (χ3n) is 5.46. The molecular formula is C19H30IN3O. The van der Waals surface area contributed by atoms with E-state index < -0.39 is 5.60 Å². The van der Waals surface area contributed by atoms with Crippen molar-refractivity contribution in [2.24, 2.45) is 16.8 Å². The zero-order chi connectivity index (χ0) is 16.3. The molecule has 0 heterocycles. The second-order valence-electron chi connectivity index (χ2n) is 7.38. The van der Waals surface area contributed by atoms with E-state index in [9.17, 15) is 5.11 Å². The fraction of sp³-hybridized carbons (Fsp3) is 0.632. The van der Waals surface area contributed by atoms with E-state index in [-0.39, 0.29) is 24.0 Å². The Balaban J connectivity index is 0.00000208. The first-order valence-corrected chi connectivity index (χ1v) is 8.79. The van der Waals surface area contributed by atoms with Crippen molar-refractivity contribution >= 4 is 29.9 Å². The quantitative estimate of drug-likeness (QED) is 0.417. The molecule has 2 bridgehead atoms. The Morgan fingerprint density at radius 3 is 2.62 bits per heavy atom. The Morgan fingerprint density at radius 1 is 1.29 bits per heavy atom. The Bertz CT molecular complexity index is 549. The van der Waals surface area contributed by atoms with Crippen LogP contribution < -0.4 is 5.32 Å². The number of aliphatic imine (C=N–C) groups is 1. The molecule has 0 aliphatic heterocycles. The monoisotopic (exact) mass is 443 g/mol. The topological polar surface area (TPSA) is 47.9 Å². The van der Waals surface area contributed by atoms with E-state index in [0.29, 0.717) is 12.5 Å². The molecule has 1 aromatic rings. The van der Waals surface area contributed by atoms with Crippen molar-refractivity contribution in [2.75, 3.05) is 20.6 Å². The molecule has 24 heavy (non-hydrogen) atoms. The van der Waals surface area contributed by atoms with Gasteiger partial charge in [-0.2, -0.15) is 0 Å². The fourth-order valence-corrected chi connectivity index (χ4v) is 4.22. The summed E-state index contributed by atoms with van der Waals surface area (Å²) in [6, 6.07) is 10.3. The Labute approximate surface area is 162 Å². The number of nitrogens with one attached hydrogen (secondary N) is 1. The van der Waals surface area contributed by atoms with Gasteiger partial charge in [0.2, 0.25) is 0 Å². The largest absolute Gasteiger partial charge is 0.390 e. The fourth-order valence-electron chi connectivity index (χ4n) is 4.22. The van der Waals surface area contributed by atoms with Crippen LogP contribution in [0.4, 0.5) is 0 Å². The Kier molecular flexibility index (Phi) is 6.92. The Morgan fingerprint density at radius 2 is 2.04 bits per heavy atom. The van der Waals surface area contributed by atoms with Crippen molar-refractivity contribution in [3.05, 3.63) is 35.9 Å². The van der Waals surface area contributed by atoms with Crippen LogP contribution in [-0.2, 0) is 6.54 Å². The molecule has 2 aliphatic carbocycles. The number of aliphatic hydroxyl groups is 1. The maximum Gasteiger partial charge on any atom is 0.193 e. The van der Waals surface area contributed by atoms with Crippen LogP contribution in [0.1, 0.15) is 37.7 Å². The maximum atomic E-state index is 10.8. The number of rotatable bonds is 5. The predicted octanol–water partition coefficient (Wildman–Crippen LogP) is 3.25. The maximum absolute atomic E-state index is 10.8. The van der Waals surface area contributed by atoms with E-state index in [2.05, 4.69) is 22.4 Å². The highest BCUT2D eigenvalue weighted by Gasteiger charge is 2.49. The SMILES string of the molecule is CN(C)C(=NCc1ccccc1)NCCC1(O)CC2CCC1C2.I. The third-order valence-corrected chi connectivity index (χ3v) is 5.46. The summed E-state index contributed by atoms with van der Waals surface area (Å²) in [5, 5.41) is 14.3. The number of benzene rings is 1. The molecule has 0 aromatic heterocycles. The summed E-state index contributed by atoms with van der Waals surface area (Å²) in [7, 11) is 4.01. The molecule has 0 amide bonds. The van der Waals surface area contributed by atoms with Crippen molar-refractivity contribution in [1.29, 1.82) is 0 Å². The van der Waals surface area contributed by atoms with Gasteiger partial charge in [-0.25, -0.2) is 4.99 Å². The average Bonchev–Trinajstić information content (AvgIpc) is 3.12. The van der Waals surface area contributed by atoms with Crippen LogP contribution in [0.2, 0.25) is 0 Å². The van der Waals surface area contributed by atoms with Gasteiger partial charge in [0.25, 0.3) is 0 Å². The molecule has 2 saturated carbocycles. The zero-order valence-corrected chi connectivity index (χ0v) is 17.1. The number of guanidine groups is 1. The number of hydrogen-bond donors (Lipinski definition) is 2. The third kappa shape index (κ3) is 4.63. The van der Waals surface area contributed by atoms with E-state index in [1.54, 1.807) is 0 Å². The lowest BCUT2D eigenvalue weighted by molar-refractivity contribution is -0.0192. The van der Waals surface area contributed by atoms with Gasteiger partial charge in [-0.05, 0) is 49.5 Å². The first-order valence-electron chi connectivity index (χ1n) is 8.79. The lowest BCUT2D eigenvalue weighted by Crippen LogP contribution is -2.42. The predicted molar refractivity (Wildman–Crippen MR) is 110 cm³/mol. The van der Waals surface area contributed by atoms with Crippen molar-refractivity contribution < 1.29 is 5.11 Å². The highest BCUT2D eigenvalue weighted by molar-refractivity contribution is 14.0. The van der Waals surface area contributed by atoms with E-state index in [1.807, 2.05) is 37.2 Å². The van der Waals surface area contributed by atoms with Crippen molar-refractivity contribution in [3.8, 4) is 0 Å². The van der Waals surface area contributed by atoms with Gasteiger partial charge in [-0.15, -0.1) is 24.0 Å². The summed E-state index contributed by atoms with van der Waals surface area (Å²) >= 11 is 0. The summed E-state index contributed by atoms with van der Waals surface area (Å²) < 4.78 is 0. The normalized spacial score (nSPS) is 28.5. The molecule has 1 aromatic carbocycles. The molecule has 4 nitrogen and oxygen atoms in total. The van der Waals surface area contributed by atoms with Crippen molar-refractivity contribution in [2.45, 2.75) is 44.2 Å². The highest BCUT2D eigenvalue weighted by Crippen LogP contribution is 2.51. The number of halogens is 1. The molecule has 0 saturated heterocycles. The van der Waals surface area contributed by atoms with Gasteiger partial charge >= 0.3 is 0 Å². The van der Waals surface area contributed by atoms with Gasteiger partial charge in [-0.1, -0.05) is 30.3 Å². The first kappa shape index (κ1) is 19.5. The number of hydrogen-bond acceptors (Lipinski definition) is 2. The van der Waals surface area contributed by atoms with Crippen LogP contribution in [0.25, 0.3) is 0 Å². The van der Waals surface area contributed by atoms with E-state index in [0.717, 1.165) is 31.3 Å². The lowest BCUT2D eigenvalue weighted by atomic mass is 9.82. The second-order valence-corrected chi connectivity index (χ2v) is 7.38. The summed E-state index contributed by atoms with van der Waals surface area (Å²) in [6.45, 7) is 1.46. The Hall–Kier alpha value is -0.820. The van der Waals surface area contributed by atoms with E-state index in [1.165, 1.54) is 24.8 Å². The van der Waals surface area contributed by atoms with Gasteiger partial charge in [0.15, 0.2) is 5.96 Å². The van der Waals surface area contributed by atoms with E-state index in [4.69, 9.17) is 0 Å². The minimum absolute atomic E-state index is 0. The van der Waals surface area contributed by atoms with Crippen LogP contribution in [0, 0.1) is 11.8 Å². The van der Waals surface area contributed by atoms with Crippen LogP contribution in [0.5, 0.6) is 0 Å². The second kappa shape index (κ2) is 8.52. The smallest absolute Gasteiger partial charge is 0.193 e. The molecule has 3 rings (SSSR count). The van der Waals surface area contributed by atoms with Crippen LogP contribution in [0.3, 0.4) is 0 Å². The van der Waals surface area contributed by atoms with E-state index >= 15 is 0 Å². The van der Waals surface area contributed by atoms with Crippen LogP contribution in [-0.4, -0.2) is 42.2 Å². The van der Waals surface area contributed by atoms with Crippen molar-refractivity contribution in [3.63, 3.8) is 0 Å².